The fraction of sp³-hybridized carbons (Fsp3) is 0.190. The van der Waals surface area contributed by atoms with E-state index in [1.807, 2.05) is 31.2 Å². The molecule has 134 valence electrons. The molecule has 5 nitrogen and oxygen atoms in total. The Bertz CT molecular complexity index is 1180. The minimum Gasteiger partial charge on any atom is -0.310 e. The van der Waals surface area contributed by atoms with Crippen molar-refractivity contribution in [2.45, 2.75) is 26.2 Å². The maximum Gasteiger partial charge on any atom is 0.226 e. The monoisotopic (exact) mass is 374 g/mol. The van der Waals surface area contributed by atoms with E-state index in [1.54, 1.807) is 16.0 Å². The van der Waals surface area contributed by atoms with Crippen LogP contribution in [0.1, 0.15) is 34.7 Å². The average Bonchev–Trinajstić information content (AvgIpc) is 3.22. The quantitative estimate of drug-likeness (QED) is 0.559. The Balaban J connectivity index is 1.68. The van der Waals surface area contributed by atoms with Crippen LogP contribution in [-0.4, -0.2) is 20.7 Å². The highest BCUT2D eigenvalue weighted by Gasteiger charge is 2.33. The number of aryl methyl sites for hydroxylation is 2. The van der Waals surface area contributed by atoms with Gasteiger partial charge in [0.25, 0.3) is 0 Å². The van der Waals surface area contributed by atoms with Gasteiger partial charge in [-0.2, -0.15) is 9.78 Å². The summed E-state index contributed by atoms with van der Waals surface area (Å²) in [6.45, 7) is 4.07. The highest BCUT2D eigenvalue weighted by molar-refractivity contribution is 7.20. The molecule has 1 atom stereocenters. The molecule has 0 spiro atoms. The molecule has 0 saturated carbocycles. The molecule has 5 rings (SSSR count). The van der Waals surface area contributed by atoms with E-state index < -0.39 is 0 Å². The summed E-state index contributed by atoms with van der Waals surface area (Å²) in [5.74, 6) is 0.767. The van der Waals surface area contributed by atoms with Crippen molar-refractivity contribution in [1.29, 1.82) is 0 Å². The molecule has 2 aromatic heterocycles. The lowest BCUT2D eigenvalue weighted by Gasteiger charge is -2.24. The maximum absolute atomic E-state index is 12.4. The summed E-state index contributed by atoms with van der Waals surface area (Å²) in [6, 6.07) is 16.4. The molecule has 3 heterocycles. The van der Waals surface area contributed by atoms with E-state index in [9.17, 15) is 4.79 Å². The van der Waals surface area contributed by atoms with Crippen molar-refractivity contribution in [2.24, 2.45) is 0 Å². The summed E-state index contributed by atoms with van der Waals surface area (Å²) in [7, 11) is 0. The number of thiazole rings is 1. The van der Waals surface area contributed by atoms with Crippen molar-refractivity contribution in [1.82, 2.24) is 14.8 Å². The van der Waals surface area contributed by atoms with Crippen LogP contribution in [0.25, 0.3) is 15.3 Å². The molecular formula is C21H18N4OS. The second kappa shape index (κ2) is 6.03. The van der Waals surface area contributed by atoms with Gasteiger partial charge in [-0.3, -0.25) is 4.79 Å². The summed E-state index contributed by atoms with van der Waals surface area (Å²) in [5, 5.41) is 8.54. The van der Waals surface area contributed by atoms with Crippen molar-refractivity contribution in [3.05, 3.63) is 70.9 Å². The molecule has 0 unspecified atom stereocenters. The fourth-order valence-corrected chi connectivity index (χ4v) is 4.79. The van der Waals surface area contributed by atoms with Gasteiger partial charge in [0.15, 0.2) is 0 Å². The molecular weight excluding hydrogens is 356 g/mol. The minimum atomic E-state index is 0.00876. The molecule has 0 saturated heterocycles. The smallest absolute Gasteiger partial charge is 0.226 e. The summed E-state index contributed by atoms with van der Waals surface area (Å²) < 4.78 is 2.91. The van der Waals surface area contributed by atoms with E-state index in [1.165, 1.54) is 5.56 Å². The Labute approximate surface area is 160 Å². The zero-order valence-corrected chi connectivity index (χ0v) is 15.9. The predicted octanol–water partition coefficient (Wildman–Crippen LogP) is 4.57. The van der Waals surface area contributed by atoms with Crippen LogP contribution in [0.2, 0.25) is 0 Å². The number of aromatic nitrogens is 3. The van der Waals surface area contributed by atoms with Crippen LogP contribution in [-0.2, 0) is 4.79 Å². The van der Waals surface area contributed by atoms with Crippen molar-refractivity contribution in [3.8, 4) is 5.13 Å². The Morgan fingerprint density at radius 1 is 1.15 bits per heavy atom. The number of nitrogens with zero attached hydrogens (tertiary/aromatic N) is 3. The molecule has 2 aromatic carbocycles. The van der Waals surface area contributed by atoms with Crippen molar-refractivity contribution < 1.29 is 4.79 Å². The number of hydrogen-bond acceptors (Lipinski definition) is 4. The molecule has 6 heteroatoms. The third kappa shape index (κ3) is 2.64. The molecule has 0 bridgehead atoms. The third-order valence-corrected chi connectivity index (χ3v) is 6.01. The van der Waals surface area contributed by atoms with Gasteiger partial charge in [0, 0.05) is 17.9 Å². The lowest BCUT2D eigenvalue weighted by atomic mass is 9.86. The van der Waals surface area contributed by atoms with Gasteiger partial charge in [-0.05, 0) is 37.1 Å². The van der Waals surface area contributed by atoms with E-state index in [2.05, 4.69) is 36.5 Å². The molecule has 4 aromatic rings. The van der Waals surface area contributed by atoms with Crippen LogP contribution in [0.15, 0.2) is 48.5 Å². The molecule has 1 amide bonds. The SMILES string of the molecule is Cc1ccc2nc(-n3nc(C)c4c3NC(=O)C[C@H]4c3ccccc3)sc2c1. The number of benzene rings is 2. The van der Waals surface area contributed by atoms with E-state index in [4.69, 9.17) is 10.1 Å². The van der Waals surface area contributed by atoms with E-state index >= 15 is 0 Å². The maximum atomic E-state index is 12.4. The molecule has 0 radical (unpaired) electrons. The lowest BCUT2D eigenvalue weighted by Crippen LogP contribution is -2.24. The number of nitrogens with one attached hydrogen (secondary N) is 1. The molecule has 27 heavy (non-hydrogen) atoms. The molecule has 0 fully saturated rings. The number of fused-ring (bicyclic) bond motifs is 2. The van der Waals surface area contributed by atoms with E-state index in [0.717, 1.165) is 38.0 Å². The first-order chi connectivity index (χ1) is 13.1. The standard InChI is InChI=1S/C21H18N4OS/c1-12-8-9-16-17(10-12)27-21(22-16)25-20-19(13(2)24-25)15(11-18(26)23-20)14-6-4-3-5-7-14/h3-10,15H,11H2,1-2H3,(H,23,26)/t15-/m0/s1. The Morgan fingerprint density at radius 2 is 1.96 bits per heavy atom. The van der Waals surface area contributed by atoms with Crippen molar-refractivity contribution in [3.63, 3.8) is 0 Å². The highest BCUT2D eigenvalue weighted by Crippen LogP contribution is 2.41. The zero-order chi connectivity index (χ0) is 18.5. The van der Waals surface area contributed by atoms with Gasteiger partial charge < -0.3 is 5.32 Å². The summed E-state index contributed by atoms with van der Waals surface area (Å²) in [4.78, 5) is 17.2. The first kappa shape index (κ1) is 16.2. The molecule has 0 aliphatic carbocycles. The van der Waals surface area contributed by atoms with E-state index in [0.29, 0.717) is 6.42 Å². The first-order valence-electron chi connectivity index (χ1n) is 8.92. The predicted molar refractivity (Wildman–Crippen MR) is 108 cm³/mol. The second-order valence-electron chi connectivity index (χ2n) is 6.94. The van der Waals surface area contributed by atoms with Crippen LogP contribution in [0, 0.1) is 13.8 Å². The van der Waals surface area contributed by atoms with Gasteiger partial charge >= 0.3 is 0 Å². The summed E-state index contributed by atoms with van der Waals surface area (Å²) >= 11 is 1.59. The minimum absolute atomic E-state index is 0.00876. The largest absolute Gasteiger partial charge is 0.310 e. The molecule has 1 N–H and O–H groups in total. The average molecular weight is 374 g/mol. The fourth-order valence-electron chi connectivity index (χ4n) is 3.77. The van der Waals surface area contributed by atoms with Gasteiger partial charge in [-0.15, -0.1) is 0 Å². The number of carbonyl (C=O) groups excluding carboxylic acids is 1. The zero-order valence-electron chi connectivity index (χ0n) is 15.1. The number of carbonyl (C=O) groups is 1. The van der Waals surface area contributed by atoms with Gasteiger partial charge in [0.05, 0.1) is 15.9 Å². The summed E-state index contributed by atoms with van der Waals surface area (Å²) in [6.07, 6.45) is 0.433. The van der Waals surface area contributed by atoms with Gasteiger partial charge in [0.1, 0.15) is 5.82 Å². The van der Waals surface area contributed by atoms with Crippen molar-refractivity contribution >= 4 is 33.3 Å². The Hall–Kier alpha value is -2.99. The van der Waals surface area contributed by atoms with Crippen LogP contribution in [0.4, 0.5) is 5.82 Å². The van der Waals surface area contributed by atoms with Gasteiger partial charge in [-0.1, -0.05) is 47.7 Å². The van der Waals surface area contributed by atoms with Crippen LogP contribution in [0.3, 0.4) is 0 Å². The Kier molecular flexibility index (Phi) is 3.62. The number of hydrogen-bond donors (Lipinski definition) is 1. The number of amides is 1. The van der Waals surface area contributed by atoms with Crippen molar-refractivity contribution in [2.75, 3.05) is 5.32 Å². The lowest BCUT2D eigenvalue weighted by molar-refractivity contribution is -0.116. The van der Waals surface area contributed by atoms with Crippen LogP contribution >= 0.6 is 11.3 Å². The number of anilines is 1. The molecule has 1 aliphatic heterocycles. The second-order valence-corrected chi connectivity index (χ2v) is 7.95. The Morgan fingerprint density at radius 3 is 2.78 bits per heavy atom. The van der Waals surface area contributed by atoms with Gasteiger partial charge in [0.2, 0.25) is 11.0 Å². The van der Waals surface area contributed by atoms with E-state index in [-0.39, 0.29) is 11.8 Å². The van der Waals surface area contributed by atoms with Crippen LogP contribution < -0.4 is 5.32 Å². The summed E-state index contributed by atoms with van der Waals surface area (Å²) in [5.41, 5.74) is 5.29. The first-order valence-corrected chi connectivity index (χ1v) is 9.73. The highest BCUT2D eigenvalue weighted by atomic mass is 32.1. The molecule has 1 aliphatic rings. The normalized spacial score (nSPS) is 16.4. The third-order valence-electron chi connectivity index (χ3n) is 5.02. The van der Waals surface area contributed by atoms with Crippen LogP contribution in [0.5, 0.6) is 0 Å². The van der Waals surface area contributed by atoms with Gasteiger partial charge in [-0.25, -0.2) is 4.98 Å². The number of rotatable bonds is 2. The topological polar surface area (TPSA) is 59.8 Å².